The number of carbonyl (C=O) groups excluding carboxylic acids is 2. The lowest BCUT2D eigenvalue weighted by molar-refractivity contribution is -0.137. The number of ether oxygens (including phenoxy) is 2. The van der Waals surface area contributed by atoms with E-state index in [1.165, 1.54) is 4.90 Å². The zero-order valence-corrected chi connectivity index (χ0v) is 21.4. The summed E-state index contributed by atoms with van der Waals surface area (Å²) in [5, 5.41) is 0. The Morgan fingerprint density at radius 2 is 1.54 bits per heavy atom. The zero-order chi connectivity index (χ0) is 24.9. The number of rotatable bonds is 7. The highest BCUT2D eigenvalue weighted by Gasteiger charge is 2.39. The van der Waals surface area contributed by atoms with Crippen LogP contribution in [0.1, 0.15) is 42.5 Å². The number of likely N-dealkylation sites (tertiary alicyclic amines) is 1. The van der Waals surface area contributed by atoms with Gasteiger partial charge in [0.05, 0.1) is 36.6 Å². The maximum absolute atomic E-state index is 13.5. The zero-order valence-electron chi connectivity index (χ0n) is 20.6. The quantitative estimate of drug-likeness (QED) is 0.290. The largest absolute Gasteiger partial charge is 0.493 e. The van der Waals surface area contributed by atoms with Crippen LogP contribution in [0.25, 0.3) is 12.2 Å². The minimum Gasteiger partial charge on any atom is -0.493 e. The summed E-state index contributed by atoms with van der Waals surface area (Å²) in [7, 11) is 1.62. The Balaban J connectivity index is 0.00000320. The third kappa shape index (κ3) is 5.92. The van der Waals surface area contributed by atoms with Crippen LogP contribution < -0.4 is 9.47 Å². The molecule has 0 unspecified atom stereocenters. The van der Waals surface area contributed by atoms with Gasteiger partial charge in [-0.2, -0.15) is 0 Å². The Bertz CT molecular complexity index is 1320. The lowest BCUT2D eigenvalue weighted by Gasteiger charge is -2.16. The number of nitrogens with zero attached hydrogens (tertiary/aromatic N) is 2. The van der Waals surface area contributed by atoms with Crippen molar-refractivity contribution in [3.63, 3.8) is 0 Å². The molecule has 7 heteroatoms. The van der Waals surface area contributed by atoms with Gasteiger partial charge >= 0.3 is 0 Å². The van der Waals surface area contributed by atoms with Crippen molar-refractivity contribution >= 4 is 36.4 Å². The van der Waals surface area contributed by atoms with E-state index >= 15 is 0 Å². The van der Waals surface area contributed by atoms with E-state index in [2.05, 4.69) is 4.98 Å². The van der Waals surface area contributed by atoms with Gasteiger partial charge in [-0.1, -0.05) is 42.5 Å². The molecule has 3 aromatic rings. The molecule has 1 saturated heterocycles. The van der Waals surface area contributed by atoms with Crippen molar-refractivity contribution in [2.24, 2.45) is 0 Å². The Labute approximate surface area is 223 Å². The lowest BCUT2D eigenvalue weighted by atomic mass is 10.0. The van der Waals surface area contributed by atoms with Gasteiger partial charge in [-0.05, 0) is 73.2 Å². The third-order valence-electron chi connectivity index (χ3n) is 6.49. The summed E-state index contributed by atoms with van der Waals surface area (Å²) in [5.41, 5.74) is 2.96. The van der Waals surface area contributed by atoms with Crippen LogP contribution in [0.15, 0.2) is 84.1 Å². The van der Waals surface area contributed by atoms with Crippen LogP contribution in [-0.2, 0) is 16.1 Å². The molecule has 1 aromatic heterocycles. The van der Waals surface area contributed by atoms with E-state index < -0.39 is 0 Å². The van der Waals surface area contributed by atoms with E-state index in [4.69, 9.17) is 9.47 Å². The molecule has 2 aliphatic rings. The number of halogens is 1. The summed E-state index contributed by atoms with van der Waals surface area (Å²) >= 11 is 0. The second-order valence-electron chi connectivity index (χ2n) is 8.98. The molecule has 2 fully saturated rings. The molecular weight excluding hydrogens is 488 g/mol. The Morgan fingerprint density at radius 3 is 2.19 bits per heavy atom. The summed E-state index contributed by atoms with van der Waals surface area (Å²) < 4.78 is 11.7. The summed E-state index contributed by atoms with van der Waals surface area (Å²) in [4.78, 5) is 32.5. The Kier molecular flexibility index (Phi) is 8.41. The Morgan fingerprint density at radius 1 is 0.865 bits per heavy atom. The van der Waals surface area contributed by atoms with Crippen molar-refractivity contribution in [3.05, 3.63) is 101 Å². The molecule has 37 heavy (non-hydrogen) atoms. The van der Waals surface area contributed by atoms with Gasteiger partial charge in [0.15, 0.2) is 11.5 Å². The van der Waals surface area contributed by atoms with Gasteiger partial charge in [0.1, 0.15) is 0 Å². The molecule has 1 aliphatic carbocycles. The molecule has 0 spiro atoms. The third-order valence-corrected chi connectivity index (χ3v) is 6.49. The number of pyridine rings is 1. The average Bonchev–Trinajstić information content (AvgIpc) is 3.49. The normalized spacial score (nSPS) is 17.9. The van der Waals surface area contributed by atoms with Crippen LogP contribution in [0.3, 0.4) is 0 Å². The summed E-state index contributed by atoms with van der Waals surface area (Å²) in [6, 6.07) is 20.6. The van der Waals surface area contributed by atoms with Crippen molar-refractivity contribution in [3.8, 4) is 11.5 Å². The summed E-state index contributed by atoms with van der Waals surface area (Å²) in [6.07, 6.45) is 9.71. The molecule has 1 aliphatic heterocycles. The van der Waals surface area contributed by atoms with E-state index in [1.54, 1.807) is 37.6 Å². The van der Waals surface area contributed by atoms with Gasteiger partial charge in [0.2, 0.25) is 0 Å². The highest BCUT2D eigenvalue weighted by Crippen LogP contribution is 2.35. The minimum atomic E-state index is -0.345. The molecule has 190 valence electrons. The van der Waals surface area contributed by atoms with Gasteiger partial charge in [0, 0.05) is 6.20 Å². The van der Waals surface area contributed by atoms with Crippen LogP contribution in [0.5, 0.6) is 11.5 Å². The first-order valence-corrected chi connectivity index (χ1v) is 12.2. The first-order chi connectivity index (χ1) is 17.6. The highest BCUT2D eigenvalue weighted by atomic mass is 35.5. The first kappa shape index (κ1) is 26.2. The number of hydrogen-bond donors (Lipinski definition) is 0. The number of imide groups is 1. The molecular formula is C30H29ClN2O4. The van der Waals surface area contributed by atoms with E-state index in [1.807, 2.05) is 54.6 Å². The second kappa shape index (κ2) is 11.9. The standard InChI is InChI=1S/C30H28N2O4.ClH/c1-35-27-15-14-22(19-28(27)36-24-12-5-6-13-24)18-26-25(17-21-9-3-2-4-10-21)29(33)32(30(26)34)20-23-11-7-8-16-31-23;/h2-4,7-11,14-19,24H,5-6,12-13,20H2,1H3;1H/b25-17+,26-18+;. The Hall–Kier alpha value is -3.90. The fraction of sp³-hybridized carbons (Fsp3) is 0.233. The molecule has 0 radical (unpaired) electrons. The SMILES string of the molecule is COc1ccc(/C=C2/C(=O)N(Cc3ccccn3)C(=O)/C2=C/c2ccccc2)cc1OC1CCCC1.Cl. The van der Waals surface area contributed by atoms with Crippen molar-refractivity contribution in [2.75, 3.05) is 7.11 Å². The van der Waals surface area contributed by atoms with Crippen molar-refractivity contribution in [1.29, 1.82) is 0 Å². The van der Waals surface area contributed by atoms with Crippen LogP contribution >= 0.6 is 12.4 Å². The highest BCUT2D eigenvalue weighted by molar-refractivity contribution is 6.28. The van der Waals surface area contributed by atoms with E-state index in [9.17, 15) is 9.59 Å². The number of benzene rings is 2. The fourth-order valence-electron chi connectivity index (χ4n) is 4.63. The molecule has 2 heterocycles. The molecule has 2 aromatic carbocycles. The van der Waals surface area contributed by atoms with Gasteiger partial charge in [-0.25, -0.2) is 0 Å². The predicted octanol–water partition coefficient (Wildman–Crippen LogP) is 5.87. The lowest BCUT2D eigenvalue weighted by Crippen LogP contribution is -2.29. The van der Waals surface area contributed by atoms with Gasteiger partial charge in [0.25, 0.3) is 11.8 Å². The molecule has 6 nitrogen and oxygen atoms in total. The molecule has 0 N–H and O–H groups in total. The summed E-state index contributed by atoms with van der Waals surface area (Å²) in [5.74, 6) is 0.614. The summed E-state index contributed by atoms with van der Waals surface area (Å²) in [6.45, 7) is 0.112. The predicted molar refractivity (Wildman–Crippen MR) is 145 cm³/mol. The monoisotopic (exact) mass is 516 g/mol. The van der Waals surface area contributed by atoms with Crippen LogP contribution in [-0.4, -0.2) is 34.9 Å². The van der Waals surface area contributed by atoms with Crippen LogP contribution in [0.4, 0.5) is 0 Å². The van der Waals surface area contributed by atoms with Crippen molar-refractivity contribution in [1.82, 2.24) is 9.88 Å². The smallest absolute Gasteiger partial charge is 0.261 e. The van der Waals surface area contributed by atoms with Crippen LogP contribution in [0.2, 0.25) is 0 Å². The van der Waals surface area contributed by atoms with Crippen LogP contribution in [0, 0.1) is 0 Å². The number of methoxy groups -OCH3 is 1. The van der Waals surface area contributed by atoms with Gasteiger partial charge < -0.3 is 9.47 Å². The fourth-order valence-corrected chi connectivity index (χ4v) is 4.63. The molecule has 0 atom stereocenters. The van der Waals surface area contributed by atoms with Gasteiger partial charge in [-0.3, -0.25) is 19.5 Å². The molecule has 0 bridgehead atoms. The topological polar surface area (TPSA) is 68.7 Å². The second-order valence-corrected chi connectivity index (χ2v) is 8.98. The van der Waals surface area contributed by atoms with Crippen molar-refractivity contribution < 1.29 is 19.1 Å². The number of aromatic nitrogens is 1. The van der Waals surface area contributed by atoms with E-state index in [0.717, 1.165) is 36.8 Å². The molecule has 1 saturated carbocycles. The molecule has 2 amide bonds. The van der Waals surface area contributed by atoms with Gasteiger partial charge in [-0.15, -0.1) is 12.4 Å². The maximum atomic E-state index is 13.5. The maximum Gasteiger partial charge on any atom is 0.261 e. The minimum absolute atomic E-state index is 0. The number of carbonyl (C=O) groups is 2. The van der Waals surface area contributed by atoms with E-state index in [-0.39, 0.29) is 36.9 Å². The average molecular weight is 517 g/mol. The number of amides is 2. The number of hydrogen-bond acceptors (Lipinski definition) is 5. The van der Waals surface area contributed by atoms with Crippen molar-refractivity contribution in [2.45, 2.75) is 38.3 Å². The van der Waals surface area contributed by atoms with E-state index in [0.29, 0.717) is 28.3 Å². The first-order valence-electron chi connectivity index (χ1n) is 12.2. The molecule has 5 rings (SSSR count).